The maximum atomic E-state index is 10.8. The molecule has 0 bridgehead atoms. The minimum atomic E-state index is -0.807. The van der Waals surface area contributed by atoms with Gasteiger partial charge in [-0.2, -0.15) is 0 Å². The van der Waals surface area contributed by atoms with Gasteiger partial charge in [-0.15, -0.1) is 0 Å². The van der Waals surface area contributed by atoms with Crippen LogP contribution in [0.1, 0.15) is 26.7 Å². The minimum absolute atomic E-state index is 0.0453. The van der Waals surface area contributed by atoms with Crippen molar-refractivity contribution in [2.24, 2.45) is 0 Å². The summed E-state index contributed by atoms with van der Waals surface area (Å²) in [6.45, 7) is 6.03. The van der Waals surface area contributed by atoms with E-state index in [2.05, 4.69) is 13.8 Å². The van der Waals surface area contributed by atoms with Gasteiger partial charge in [0.05, 0.1) is 24.9 Å². The Morgan fingerprint density at radius 2 is 2.29 bits per heavy atom. The molecule has 1 heterocycles. The Morgan fingerprint density at radius 3 is 2.76 bits per heavy atom. The van der Waals surface area contributed by atoms with Crippen molar-refractivity contribution in [3.05, 3.63) is 0 Å². The molecule has 1 atom stereocenters. The predicted octanol–water partition coefficient (Wildman–Crippen LogP) is 0.977. The highest BCUT2D eigenvalue weighted by Crippen LogP contribution is 2.29. The first-order chi connectivity index (χ1) is 7.93. The van der Waals surface area contributed by atoms with Crippen molar-refractivity contribution in [1.29, 1.82) is 0 Å². The van der Waals surface area contributed by atoms with Gasteiger partial charge < -0.3 is 14.6 Å². The molecule has 1 aliphatic rings. The molecule has 0 spiro atoms. The van der Waals surface area contributed by atoms with Crippen molar-refractivity contribution in [1.82, 2.24) is 4.90 Å². The molecule has 1 unspecified atom stereocenters. The predicted molar refractivity (Wildman–Crippen MR) is 64.1 cm³/mol. The van der Waals surface area contributed by atoms with Crippen LogP contribution in [-0.4, -0.2) is 61.0 Å². The number of rotatable bonds is 7. The molecule has 0 aromatic rings. The molecule has 1 saturated heterocycles. The zero-order valence-corrected chi connectivity index (χ0v) is 10.9. The second-order valence-electron chi connectivity index (χ2n) is 5.16. The van der Waals surface area contributed by atoms with E-state index in [1.54, 1.807) is 7.11 Å². The average molecular weight is 245 g/mol. The molecule has 1 rings (SSSR count). The molecule has 0 radical (unpaired) electrons. The van der Waals surface area contributed by atoms with Crippen LogP contribution in [0.15, 0.2) is 0 Å². The van der Waals surface area contributed by atoms with Crippen LogP contribution in [-0.2, 0) is 14.3 Å². The maximum absolute atomic E-state index is 10.8. The third-order valence-electron chi connectivity index (χ3n) is 2.99. The van der Waals surface area contributed by atoms with E-state index < -0.39 is 5.97 Å². The summed E-state index contributed by atoms with van der Waals surface area (Å²) in [5, 5.41) is 8.84. The second kappa shape index (κ2) is 6.33. The van der Waals surface area contributed by atoms with Crippen LogP contribution >= 0.6 is 0 Å². The highest BCUT2D eigenvalue weighted by Gasteiger charge is 2.32. The van der Waals surface area contributed by atoms with E-state index in [0.29, 0.717) is 19.7 Å². The summed E-state index contributed by atoms with van der Waals surface area (Å²) in [4.78, 5) is 12.6. The Bertz CT molecular complexity index is 255. The first-order valence-corrected chi connectivity index (χ1v) is 6.04. The van der Waals surface area contributed by atoms with E-state index >= 15 is 0 Å². The standard InChI is InChI=1S/C12H23NO4/c1-12(2)5-4-10(17-12)8-13(6-7-16-3)9-11(14)15/h10H,4-9H2,1-3H3,(H,14,15). The lowest BCUT2D eigenvalue weighted by molar-refractivity contribution is -0.139. The van der Waals surface area contributed by atoms with Crippen LogP contribution in [0.25, 0.3) is 0 Å². The molecule has 1 fully saturated rings. The molecule has 1 N–H and O–H groups in total. The van der Waals surface area contributed by atoms with Crippen LogP contribution in [0, 0.1) is 0 Å². The van der Waals surface area contributed by atoms with Gasteiger partial charge in [0.25, 0.3) is 0 Å². The monoisotopic (exact) mass is 245 g/mol. The summed E-state index contributed by atoms with van der Waals surface area (Å²) in [6.07, 6.45) is 2.17. The van der Waals surface area contributed by atoms with Crippen LogP contribution < -0.4 is 0 Å². The van der Waals surface area contributed by atoms with Gasteiger partial charge in [-0.05, 0) is 26.7 Å². The number of carboxylic acids is 1. The van der Waals surface area contributed by atoms with E-state index in [-0.39, 0.29) is 18.2 Å². The van der Waals surface area contributed by atoms with Crippen LogP contribution in [0.5, 0.6) is 0 Å². The van der Waals surface area contributed by atoms with Gasteiger partial charge in [-0.25, -0.2) is 0 Å². The molecule has 5 nitrogen and oxygen atoms in total. The summed E-state index contributed by atoms with van der Waals surface area (Å²) in [7, 11) is 1.62. The van der Waals surface area contributed by atoms with E-state index in [1.165, 1.54) is 0 Å². The highest BCUT2D eigenvalue weighted by molar-refractivity contribution is 5.69. The molecular weight excluding hydrogens is 222 g/mol. The van der Waals surface area contributed by atoms with Crippen LogP contribution in [0.3, 0.4) is 0 Å². The van der Waals surface area contributed by atoms with Gasteiger partial charge in [-0.1, -0.05) is 0 Å². The third-order valence-corrected chi connectivity index (χ3v) is 2.99. The molecular formula is C12H23NO4. The van der Waals surface area contributed by atoms with Gasteiger partial charge in [0.2, 0.25) is 0 Å². The number of nitrogens with zero attached hydrogens (tertiary/aromatic N) is 1. The number of methoxy groups -OCH3 is 1. The Morgan fingerprint density at radius 1 is 1.59 bits per heavy atom. The number of carboxylic acid groups (broad SMARTS) is 1. The molecule has 1 aliphatic heterocycles. The molecule has 0 amide bonds. The van der Waals surface area contributed by atoms with Gasteiger partial charge in [0, 0.05) is 20.2 Å². The lowest BCUT2D eigenvalue weighted by atomic mass is 10.1. The summed E-state index contributed by atoms with van der Waals surface area (Å²) in [6, 6.07) is 0. The Balaban J connectivity index is 2.40. The first kappa shape index (κ1) is 14.4. The zero-order chi connectivity index (χ0) is 12.9. The molecule has 100 valence electrons. The van der Waals surface area contributed by atoms with Crippen molar-refractivity contribution < 1.29 is 19.4 Å². The Labute approximate surface area is 103 Å². The fourth-order valence-corrected chi connectivity index (χ4v) is 2.14. The maximum Gasteiger partial charge on any atom is 0.317 e. The normalized spacial score (nSPS) is 23.2. The summed E-state index contributed by atoms with van der Waals surface area (Å²) in [5.74, 6) is -0.807. The summed E-state index contributed by atoms with van der Waals surface area (Å²) >= 11 is 0. The van der Waals surface area contributed by atoms with Gasteiger partial charge >= 0.3 is 5.97 Å². The smallest absolute Gasteiger partial charge is 0.317 e. The van der Waals surface area contributed by atoms with Gasteiger partial charge in [0.15, 0.2) is 0 Å². The van der Waals surface area contributed by atoms with Crippen molar-refractivity contribution in [2.75, 3.05) is 33.4 Å². The Kier molecular flexibility index (Phi) is 5.36. The Hall–Kier alpha value is -0.650. The first-order valence-electron chi connectivity index (χ1n) is 6.04. The second-order valence-corrected chi connectivity index (χ2v) is 5.16. The van der Waals surface area contributed by atoms with Crippen molar-refractivity contribution >= 4 is 5.97 Å². The van der Waals surface area contributed by atoms with Gasteiger partial charge in [0.1, 0.15) is 0 Å². The number of carbonyl (C=O) groups is 1. The number of hydrogen-bond acceptors (Lipinski definition) is 4. The number of ether oxygens (including phenoxy) is 2. The van der Waals surface area contributed by atoms with E-state index in [1.807, 2.05) is 4.90 Å². The molecule has 0 aromatic carbocycles. The fourth-order valence-electron chi connectivity index (χ4n) is 2.14. The van der Waals surface area contributed by atoms with Crippen LogP contribution in [0.4, 0.5) is 0 Å². The van der Waals surface area contributed by atoms with Crippen molar-refractivity contribution in [3.63, 3.8) is 0 Å². The minimum Gasteiger partial charge on any atom is -0.480 e. The van der Waals surface area contributed by atoms with Crippen molar-refractivity contribution in [2.45, 2.75) is 38.4 Å². The molecule has 0 saturated carbocycles. The largest absolute Gasteiger partial charge is 0.480 e. The molecule has 5 heteroatoms. The van der Waals surface area contributed by atoms with Crippen LogP contribution in [0.2, 0.25) is 0 Å². The fraction of sp³-hybridized carbons (Fsp3) is 0.917. The SMILES string of the molecule is COCCN(CC(=O)O)CC1CCC(C)(C)O1. The van der Waals surface area contributed by atoms with Crippen molar-refractivity contribution in [3.8, 4) is 0 Å². The van der Waals surface area contributed by atoms with E-state index in [0.717, 1.165) is 12.8 Å². The van der Waals surface area contributed by atoms with E-state index in [4.69, 9.17) is 14.6 Å². The summed E-state index contributed by atoms with van der Waals surface area (Å²) < 4.78 is 10.8. The highest BCUT2D eigenvalue weighted by atomic mass is 16.5. The molecule has 0 aromatic heterocycles. The lowest BCUT2D eigenvalue weighted by Gasteiger charge is -2.25. The topological polar surface area (TPSA) is 59.0 Å². The average Bonchev–Trinajstić information content (AvgIpc) is 2.53. The lowest BCUT2D eigenvalue weighted by Crippen LogP contribution is -2.39. The zero-order valence-electron chi connectivity index (χ0n) is 10.9. The quantitative estimate of drug-likeness (QED) is 0.724. The van der Waals surface area contributed by atoms with Gasteiger partial charge in [-0.3, -0.25) is 9.69 Å². The summed E-state index contributed by atoms with van der Waals surface area (Å²) in [5.41, 5.74) is -0.0686. The molecule has 17 heavy (non-hydrogen) atoms. The molecule has 0 aliphatic carbocycles. The number of aliphatic carboxylic acids is 1. The third kappa shape index (κ3) is 5.48. The van der Waals surface area contributed by atoms with E-state index in [9.17, 15) is 4.79 Å². The number of hydrogen-bond donors (Lipinski definition) is 1.